The quantitative estimate of drug-likeness (QED) is 0.509. The van der Waals surface area contributed by atoms with E-state index < -0.39 is 10.0 Å². The lowest BCUT2D eigenvalue weighted by atomic mass is 10.2. The van der Waals surface area contributed by atoms with E-state index in [0.717, 1.165) is 21.3 Å². The van der Waals surface area contributed by atoms with E-state index in [1.54, 1.807) is 52.7 Å². The predicted octanol–water partition coefficient (Wildman–Crippen LogP) is 3.44. The molecule has 3 aromatic rings. The number of sulfonamides is 1. The van der Waals surface area contributed by atoms with Gasteiger partial charge in [0.1, 0.15) is 22.3 Å². The molecule has 1 saturated heterocycles. The largest absolute Gasteiger partial charge is 0.495 e. The van der Waals surface area contributed by atoms with E-state index >= 15 is 0 Å². The van der Waals surface area contributed by atoms with Crippen molar-refractivity contribution in [1.29, 1.82) is 0 Å². The van der Waals surface area contributed by atoms with Crippen LogP contribution in [0.4, 0.5) is 15.8 Å². The number of methoxy groups -OCH3 is 1. The smallest absolute Gasteiger partial charge is 0.274 e. The van der Waals surface area contributed by atoms with Crippen LogP contribution in [0, 0.1) is 5.82 Å². The Morgan fingerprint density at radius 1 is 1.03 bits per heavy atom. The molecule has 1 amide bonds. The molecule has 2 aromatic carbocycles. The molecule has 33 heavy (non-hydrogen) atoms. The fraction of sp³-hybridized carbons (Fsp3) is 0.261. The fourth-order valence-corrected chi connectivity index (χ4v) is 6.27. The summed E-state index contributed by atoms with van der Waals surface area (Å²) in [4.78, 5) is 16.9. The Balaban J connectivity index is 1.53. The molecule has 0 spiro atoms. The fourth-order valence-electron chi connectivity index (χ4n) is 3.74. The van der Waals surface area contributed by atoms with Crippen molar-refractivity contribution in [3.63, 3.8) is 0 Å². The molecule has 0 radical (unpaired) electrons. The maximum Gasteiger partial charge on any atom is 0.274 e. The van der Waals surface area contributed by atoms with Gasteiger partial charge in [-0.3, -0.25) is 9.10 Å². The molecule has 1 fully saturated rings. The normalized spacial score (nSPS) is 14.2. The molecule has 0 bridgehead atoms. The molecule has 10 heteroatoms. The van der Waals surface area contributed by atoms with Gasteiger partial charge in [-0.2, -0.15) is 0 Å². The zero-order valence-electron chi connectivity index (χ0n) is 18.1. The van der Waals surface area contributed by atoms with Gasteiger partial charge >= 0.3 is 0 Å². The number of ether oxygens (including phenoxy) is 1. The Hall–Kier alpha value is -3.11. The van der Waals surface area contributed by atoms with Crippen LogP contribution >= 0.6 is 11.3 Å². The van der Waals surface area contributed by atoms with Crippen molar-refractivity contribution in [2.75, 3.05) is 49.0 Å². The summed E-state index contributed by atoms with van der Waals surface area (Å²) < 4.78 is 46.7. The van der Waals surface area contributed by atoms with Gasteiger partial charge in [-0.05, 0) is 47.8 Å². The van der Waals surface area contributed by atoms with Gasteiger partial charge < -0.3 is 14.5 Å². The molecule has 0 N–H and O–H groups in total. The highest BCUT2D eigenvalue weighted by atomic mass is 32.2. The maximum atomic E-state index is 13.4. The number of carbonyl (C=O) groups is 1. The monoisotopic (exact) mass is 489 g/mol. The number of piperazine rings is 1. The highest BCUT2D eigenvalue weighted by Gasteiger charge is 2.32. The third-order valence-corrected chi connectivity index (χ3v) is 8.63. The van der Waals surface area contributed by atoms with Crippen molar-refractivity contribution < 1.29 is 22.3 Å². The minimum Gasteiger partial charge on any atom is -0.495 e. The second-order valence-electron chi connectivity index (χ2n) is 7.46. The number of halogens is 1. The van der Waals surface area contributed by atoms with Gasteiger partial charge in [-0.15, -0.1) is 11.3 Å². The Bertz CT molecular complexity index is 1190. The second-order valence-corrected chi connectivity index (χ2v) is 10.5. The molecule has 2 heterocycles. The number of thiophene rings is 1. The number of hydrogen-bond donors (Lipinski definition) is 0. The molecule has 0 saturated carbocycles. The lowest BCUT2D eigenvalue weighted by molar-refractivity contribution is -0.129. The first kappa shape index (κ1) is 23.1. The minimum absolute atomic E-state index is 0.155. The highest BCUT2D eigenvalue weighted by molar-refractivity contribution is 7.94. The van der Waals surface area contributed by atoms with Crippen molar-refractivity contribution in [2.45, 2.75) is 4.21 Å². The summed E-state index contributed by atoms with van der Waals surface area (Å²) in [5.41, 5.74) is 1.20. The predicted molar refractivity (Wildman–Crippen MR) is 127 cm³/mol. The zero-order valence-corrected chi connectivity index (χ0v) is 19.7. The number of hydrogen-bond acceptors (Lipinski definition) is 6. The number of carbonyl (C=O) groups excluding carboxylic acids is 1. The standard InChI is InChI=1S/C23H24FN3O4S2/c1-31-21-6-3-2-5-20(21)27(33(29,30)23-7-4-16-32-23)17-22(28)26-14-12-25(13-15-26)19-10-8-18(24)9-11-19/h2-11,16H,12-15,17H2,1H3. The molecule has 0 unspecified atom stereocenters. The number of anilines is 2. The van der Waals surface area contributed by atoms with Gasteiger partial charge in [0.05, 0.1) is 12.8 Å². The first-order chi connectivity index (χ1) is 15.9. The van der Waals surface area contributed by atoms with Gasteiger partial charge in [-0.25, -0.2) is 12.8 Å². The Morgan fingerprint density at radius 3 is 2.36 bits per heavy atom. The van der Waals surface area contributed by atoms with Crippen LogP contribution in [0.5, 0.6) is 5.75 Å². The van der Waals surface area contributed by atoms with Crippen LogP contribution in [0.1, 0.15) is 0 Å². The Labute approximate surface area is 196 Å². The zero-order chi connectivity index (χ0) is 23.4. The van der Waals surface area contributed by atoms with E-state index in [1.807, 2.05) is 0 Å². The summed E-state index contributed by atoms with van der Waals surface area (Å²) in [5, 5.41) is 1.68. The van der Waals surface area contributed by atoms with Gasteiger partial charge in [-0.1, -0.05) is 18.2 Å². The van der Waals surface area contributed by atoms with Crippen molar-refractivity contribution in [1.82, 2.24) is 4.90 Å². The summed E-state index contributed by atoms with van der Waals surface area (Å²) in [6.45, 7) is 1.69. The summed E-state index contributed by atoms with van der Waals surface area (Å²) in [5.74, 6) is -0.220. The van der Waals surface area contributed by atoms with E-state index in [0.29, 0.717) is 37.6 Å². The molecule has 7 nitrogen and oxygen atoms in total. The Morgan fingerprint density at radius 2 is 1.73 bits per heavy atom. The molecule has 174 valence electrons. The van der Waals surface area contributed by atoms with Crippen molar-refractivity contribution in [3.8, 4) is 5.75 Å². The molecule has 1 aliphatic rings. The number of amides is 1. The summed E-state index contributed by atoms with van der Waals surface area (Å²) in [7, 11) is -2.49. The number of rotatable bonds is 7. The number of para-hydroxylation sites is 2. The molecular formula is C23H24FN3O4S2. The van der Waals surface area contributed by atoms with Crippen molar-refractivity contribution in [3.05, 3.63) is 71.9 Å². The minimum atomic E-state index is -3.96. The highest BCUT2D eigenvalue weighted by Crippen LogP contribution is 2.33. The van der Waals surface area contributed by atoms with E-state index in [2.05, 4.69) is 4.90 Å². The average Bonchev–Trinajstić information content (AvgIpc) is 3.39. The van der Waals surface area contributed by atoms with Gasteiger partial charge in [0, 0.05) is 31.9 Å². The van der Waals surface area contributed by atoms with E-state index in [1.165, 1.54) is 25.3 Å². The van der Waals surface area contributed by atoms with Crippen LogP contribution in [-0.2, 0) is 14.8 Å². The molecule has 1 aromatic heterocycles. The van der Waals surface area contributed by atoms with Crippen LogP contribution in [0.15, 0.2) is 70.3 Å². The van der Waals surface area contributed by atoms with Crippen LogP contribution in [-0.4, -0.2) is 59.1 Å². The van der Waals surface area contributed by atoms with E-state index in [-0.39, 0.29) is 22.5 Å². The lowest BCUT2D eigenvalue weighted by Gasteiger charge is -2.37. The van der Waals surface area contributed by atoms with Crippen LogP contribution in [0.2, 0.25) is 0 Å². The molecular weight excluding hydrogens is 465 g/mol. The summed E-state index contributed by atoms with van der Waals surface area (Å²) in [6.07, 6.45) is 0. The van der Waals surface area contributed by atoms with Crippen LogP contribution in [0.3, 0.4) is 0 Å². The molecule has 4 rings (SSSR count). The summed E-state index contributed by atoms with van der Waals surface area (Å²) >= 11 is 1.10. The third-order valence-electron chi connectivity index (χ3n) is 5.50. The maximum absolute atomic E-state index is 13.4. The number of benzene rings is 2. The first-order valence-electron chi connectivity index (χ1n) is 10.4. The first-order valence-corrected chi connectivity index (χ1v) is 12.7. The second kappa shape index (κ2) is 9.80. The molecule has 0 atom stereocenters. The molecule has 1 aliphatic heterocycles. The van der Waals surface area contributed by atoms with Crippen LogP contribution in [0.25, 0.3) is 0 Å². The van der Waals surface area contributed by atoms with Crippen molar-refractivity contribution >= 4 is 38.6 Å². The lowest BCUT2D eigenvalue weighted by Crippen LogP contribution is -2.52. The van der Waals surface area contributed by atoms with Crippen LogP contribution < -0.4 is 13.9 Å². The average molecular weight is 490 g/mol. The topological polar surface area (TPSA) is 70.2 Å². The van der Waals surface area contributed by atoms with Gasteiger partial charge in [0.25, 0.3) is 10.0 Å². The van der Waals surface area contributed by atoms with E-state index in [4.69, 9.17) is 4.74 Å². The number of nitrogens with zero attached hydrogens (tertiary/aromatic N) is 3. The third kappa shape index (κ3) is 4.96. The van der Waals surface area contributed by atoms with Gasteiger partial charge in [0.15, 0.2) is 0 Å². The molecule has 0 aliphatic carbocycles. The SMILES string of the molecule is COc1ccccc1N(CC(=O)N1CCN(c2ccc(F)cc2)CC1)S(=O)(=O)c1cccs1. The van der Waals surface area contributed by atoms with E-state index in [9.17, 15) is 17.6 Å². The van der Waals surface area contributed by atoms with Crippen molar-refractivity contribution in [2.24, 2.45) is 0 Å². The summed E-state index contributed by atoms with van der Waals surface area (Å²) in [6, 6.07) is 16.2. The van der Waals surface area contributed by atoms with Gasteiger partial charge in [0.2, 0.25) is 5.91 Å². The Kier molecular flexibility index (Phi) is 6.85.